The van der Waals surface area contributed by atoms with E-state index >= 15 is 0 Å². The van der Waals surface area contributed by atoms with E-state index in [9.17, 15) is 18.0 Å². The molecule has 1 unspecified atom stereocenters. The summed E-state index contributed by atoms with van der Waals surface area (Å²) >= 11 is 0. The summed E-state index contributed by atoms with van der Waals surface area (Å²) in [4.78, 5) is 30.5. The topological polar surface area (TPSA) is 86.8 Å². The number of carbonyl (C=O) groups is 2. The lowest BCUT2D eigenvalue weighted by Gasteiger charge is -2.34. The first-order valence-electron chi connectivity index (χ1n) is 16.1. The Bertz CT molecular complexity index is 1720. The lowest BCUT2D eigenvalue weighted by Crippen LogP contribution is -2.54. The number of benzene rings is 4. The zero-order valence-electron chi connectivity index (χ0n) is 26.6. The Morgan fingerprint density at radius 2 is 1.46 bits per heavy atom. The maximum Gasteiger partial charge on any atom is 0.264 e. The summed E-state index contributed by atoms with van der Waals surface area (Å²) < 4.78 is 29.7. The molecule has 1 aliphatic rings. The Morgan fingerprint density at radius 1 is 0.826 bits per heavy atom. The molecule has 1 fully saturated rings. The minimum absolute atomic E-state index is 0.0630. The second kappa shape index (κ2) is 15.2. The summed E-state index contributed by atoms with van der Waals surface area (Å²) in [5, 5.41) is 3.23. The molecule has 7 nitrogen and oxygen atoms in total. The number of carbonyl (C=O) groups excluding carboxylic acids is 2. The normalized spacial score (nSPS) is 14.0. The van der Waals surface area contributed by atoms with Crippen LogP contribution >= 0.6 is 0 Å². The molecule has 4 aromatic carbocycles. The number of anilines is 1. The molecule has 0 saturated heterocycles. The average molecular weight is 638 g/mol. The molecule has 1 atom stereocenters. The van der Waals surface area contributed by atoms with Gasteiger partial charge in [0.25, 0.3) is 10.0 Å². The Kier molecular flexibility index (Phi) is 10.9. The number of para-hydroxylation sites is 1. The number of amides is 2. The molecular weight excluding hydrogens is 595 g/mol. The molecular formula is C38H43N3O4S. The van der Waals surface area contributed by atoms with Gasteiger partial charge in [-0.1, -0.05) is 116 Å². The summed E-state index contributed by atoms with van der Waals surface area (Å²) in [6.45, 7) is 3.65. The monoisotopic (exact) mass is 637 g/mol. The SMILES string of the molecule is CCc1ccccc1N(CC(=O)N(Cc1cccc(C)c1)C(Cc1ccccc1)C(=O)NC1CCCC1)S(=O)(=O)c1ccccc1. The van der Waals surface area contributed by atoms with Gasteiger partial charge in [0.2, 0.25) is 11.8 Å². The number of aryl methyl sites for hydroxylation is 2. The van der Waals surface area contributed by atoms with E-state index in [1.165, 1.54) is 4.31 Å². The number of hydrogen-bond acceptors (Lipinski definition) is 4. The highest BCUT2D eigenvalue weighted by atomic mass is 32.2. The fraction of sp³-hybridized carbons (Fsp3) is 0.316. The second-order valence-electron chi connectivity index (χ2n) is 12.0. The van der Waals surface area contributed by atoms with Gasteiger partial charge < -0.3 is 10.2 Å². The van der Waals surface area contributed by atoms with Crippen molar-refractivity contribution in [2.45, 2.75) is 75.9 Å². The van der Waals surface area contributed by atoms with E-state index in [4.69, 9.17) is 0 Å². The van der Waals surface area contributed by atoms with Gasteiger partial charge in [-0.25, -0.2) is 8.42 Å². The predicted molar refractivity (Wildman–Crippen MR) is 183 cm³/mol. The number of sulfonamides is 1. The third-order valence-electron chi connectivity index (χ3n) is 8.66. The summed E-state index contributed by atoms with van der Waals surface area (Å²) in [5.41, 5.74) is 4.07. The highest BCUT2D eigenvalue weighted by Crippen LogP contribution is 2.29. The molecule has 5 rings (SSSR count). The van der Waals surface area contributed by atoms with Gasteiger partial charge in [-0.2, -0.15) is 0 Å². The molecule has 0 spiro atoms. The predicted octanol–water partition coefficient (Wildman–Crippen LogP) is 6.45. The molecule has 46 heavy (non-hydrogen) atoms. The van der Waals surface area contributed by atoms with E-state index in [-0.39, 0.29) is 23.4 Å². The van der Waals surface area contributed by atoms with Gasteiger partial charge in [-0.05, 0) is 61.1 Å². The van der Waals surface area contributed by atoms with Crippen LogP contribution in [0.25, 0.3) is 0 Å². The highest BCUT2D eigenvalue weighted by Gasteiger charge is 2.36. The van der Waals surface area contributed by atoms with E-state index in [1.807, 2.05) is 80.6 Å². The number of rotatable bonds is 13. The number of hydrogen-bond donors (Lipinski definition) is 1. The van der Waals surface area contributed by atoms with Crippen molar-refractivity contribution < 1.29 is 18.0 Å². The van der Waals surface area contributed by atoms with E-state index in [0.29, 0.717) is 18.5 Å². The third kappa shape index (κ3) is 8.04. The van der Waals surface area contributed by atoms with E-state index in [2.05, 4.69) is 5.32 Å². The smallest absolute Gasteiger partial charge is 0.264 e. The van der Waals surface area contributed by atoms with Gasteiger partial charge in [0, 0.05) is 19.0 Å². The molecule has 0 aromatic heterocycles. The fourth-order valence-corrected chi connectivity index (χ4v) is 7.69. The quantitative estimate of drug-likeness (QED) is 0.183. The molecule has 0 heterocycles. The maximum absolute atomic E-state index is 14.7. The fourth-order valence-electron chi connectivity index (χ4n) is 6.21. The average Bonchev–Trinajstić information content (AvgIpc) is 3.59. The van der Waals surface area contributed by atoms with Crippen molar-refractivity contribution in [1.29, 1.82) is 0 Å². The zero-order chi connectivity index (χ0) is 32.5. The Morgan fingerprint density at radius 3 is 2.13 bits per heavy atom. The van der Waals surface area contributed by atoms with E-state index in [0.717, 1.165) is 47.9 Å². The van der Waals surface area contributed by atoms with Crippen LogP contribution in [0.5, 0.6) is 0 Å². The van der Waals surface area contributed by atoms with Crippen molar-refractivity contribution in [1.82, 2.24) is 10.2 Å². The molecule has 1 saturated carbocycles. The van der Waals surface area contributed by atoms with Gasteiger partial charge in [-0.15, -0.1) is 0 Å². The highest BCUT2D eigenvalue weighted by molar-refractivity contribution is 7.92. The maximum atomic E-state index is 14.7. The molecule has 1 aliphatic carbocycles. The van der Waals surface area contributed by atoms with Crippen molar-refractivity contribution in [3.8, 4) is 0 Å². The summed E-state index contributed by atoms with van der Waals surface area (Å²) in [5.74, 6) is -0.669. The van der Waals surface area contributed by atoms with Gasteiger partial charge >= 0.3 is 0 Å². The first-order chi connectivity index (χ1) is 22.3. The van der Waals surface area contributed by atoms with Crippen molar-refractivity contribution >= 4 is 27.5 Å². The van der Waals surface area contributed by atoms with Crippen LogP contribution < -0.4 is 9.62 Å². The third-order valence-corrected chi connectivity index (χ3v) is 10.4. The van der Waals surface area contributed by atoms with Crippen LogP contribution in [0.2, 0.25) is 0 Å². The van der Waals surface area contributed by atoms with Crippen LogP contribution in [-0.4, -0.2) is 43.8 Å². The first kappa shape index (κ1) is 32.9. The van der Waals surface area contributed by atoms with Crippen molar-refractivity contribution in [2.75, 3.05) is 10.8 Å². The van der Waals surface area contributed by atoms with Crippen LogP contribution in [0.3, 0.4) is 0 Å². The van der Waals surface area contributed by atoms with Crippen LogP contribution in [0, 0.1) is 6.92 Å². The summed E-state index contributed by atoms with van der Waals surface area (Å²) in [7, 11) is -4.13. The van der Waals surface area contributed by atoms with Crippen LogP contribution in [0.4, 0.5) is 5.69 Å². The lowest BCUT2D eigenvalue weighted by molar-refractivity contribution is -0.140. The molecule has 0 radical (unpaired) electrons. The minimum Gasteiger partial charge on any atom is -0.352 e. The second-order valence-corrected chi connectivity index (χ2v) is 13.9. The lowest BCUT2D eigenvalue weighted by atomic mass is 10.0. The molecule has 8 heteroatoms. The van der Waals surface area contributed by atoms with Crippen LogP contribution in [-0.2, 0) is 39.0 Å². The van der Waals surface area contributed by atoms with Crippen molar-refractivity contribution in [3.05, 3.63) is 131 Å². The molecule has 0 aliphatic heterocycles. The Labute approximate surface area is 273 Å². The molecule has 4 aromatic rings. The first-order valence-corrected chi connectivity index (χ1v) is 17.5. The number of nitrogens with one attached hydrogen (secondary N) is 1. The standard InChI is InChI=1S/C38H43N3O4S/c1-3-32-19-10-13-24-35(32)41(46(44,45)34-22-8-5-9-23-34)28-37(42)40(27-31-18-14-15-29(2)25-31)36(26-30-16-6-4-7-17-30)38(43)39-33-20-11-12-21-33/h4-10,13-19,22-25,33,36H,3,11-12,20-21,26-28H2,1-2H3,(H,39,43). The van der Waals surface area contributed by atoms with Gasteiger partial charge in [-0.3, -0.25) is 13.9 Å². The molecule has 2 amide bonds. The zero-order valence-corrected chi connectivity index (χ0v) is 27.5. The van der Waals surface area contributed by atoms with Crippen molar-refractivity contribution in [2.24, 2.45) is 0 Å². The van der Waals surface area contributed by atoms with E-state index in [1.54, 1.807) is 47.4 Å². The van der Waals surface area contributed by atoms with Crippen molar-refractivity contribution in [3.63, 3.8) is 0 Å². The van der Waals surface area contributed by atoms with Gasteiger partial charge in [0.15, 0.2) is 0 Å². The van der Waals surface area contributed by atoms with Crippen LogP contribution in [0.15, 0.2) is 114 Å². The molecule has 240 valence electrons. The summed E-state index contributed by atoms with van der Waals surface area (Å²) in [6.07, 6.45) is 4.82. The van der Waals surface area contributed by atoms with Gasteiger partial charge in [0.05, 0.1) is 10.6 Å². The Hall–Kier alpha value is -4.43. The van der Waals surface area contributed by atoms with E-state index < -0.39 is 28.5 Å². The number of nitrogens with zero attached hydrogens (tertiary/aromatic N) is 2. The molecule has 0 bridgehead atoms. The van der Waals surface area contributed by atoms with Crippen LogP contribution in [0.1, 0.15) is 54.9 Å². The minimum atomic E-state index is -4.13. The summed E-state index contributed by atoms with van der Waals surface area (Å²) in [6, 6.07) is 32.2. The Balaban J connectivity index is 1.58. The van der Waals surface area contributed by atoms with Gasteiger partial charge in [0.1, 0.15) is 12.6 Å². The largest absolute Gasteiger partial charge is 0.352 e. The molecule has 1 N–H and O–H groups in total.